The van der Waals surface area contributed by atoms with E-state index < -0.39 is 0 Å². The quantitative estimate of drug-likeness (QED) is 0.792. The topological polar surface area (TPSA) is 45.7 Å². The van der Waals surface area contributed by atoms with Gasteiger partial charge in [0.25, 0.3) is 5.91 Å². The van der Waals surface area contributed by atoms with Crippen molar-refractivity contribution < 1.29 is 14.5 Å². The van der Waals surface area contributed by atoms with E-state index in [0.717, 1.165) is 15.7 Å². The molecule has 2 aromatic rings. The lowest BCUT2D eigenvalue weighted by Gasteiger charge is -2.19. The van der Waals surface area contributed by atoms with Crippen molar-refractivity contribution in [2.75, 3.05) is 11.9 Å². The zero-order chi connectivity index (χ0) is 16.8. The van der Waals surface area contributed by atoms with Crippen LogP contribution in [0, 0.1) is 11.7 Å². The van der Waals surface area contributed by atoms with Crippen LogP contribution >= 0.6 is 15.9 Å². The molecule has 3 nitrogen and oxygen atoms in total. The van der Waals surface area contributed by atoms with Gasteiger partial charge in [-0.1, -0.05) is 41.9 Å². The maximum atomic E-state index is 13.1. The van der Waals surface area contributed by atoms with Crippen molar-refractivity contribution in [1.29, 1.82) is 0 Å². The fourth-order valence-corrected chi connectivity index (χ4v) is 2.72. The molecule has 0 aliphatic carbocycles. The maximum Gasteiger partial charge on any atom is 0.279 e. The molecule has 0 aliphatic rings. The summed E-state index contributed by atoms with van der Waals surface area (Å²) in [7, 11) is 0. The Morgan fingerprint density at radius 3 is 2.30 bits per heavy atom. The van der Waals surface area contributed by atoms with Crippen LogP contribution in [0.5, 0.6) is 0 Å². The Morgan fingerprint density at radius 1 is 1.13 bits per heavy atom. The molecule has 0 radical (unpaired) electrons. The highest BCUT2D eigenvalue weighted by Gasteiger charge is 2.20. The number of hydrogen-bond donors (Lipinski definition) is 2. The lowest BCUT2D eigenvalue weighted by atomic mass is 9.96. The Balaban J connectivity index is 1.94. The summed E-state index contributed by atoms with van der Waals surface area (Å²) >= 11 is 3.36. The molecule has 1 amide bonds. The molecule has 0 saturated carbocycles. The summed E-state index contributed by atoms with van der Waals surface area (Å²) in [6.07, 6.45) is 0. The Hall–Kier alpha value is -1.72. The number of quaternary nitrogens is 1. The third-order valence-electron chi connectivity index (χ3n) is 3.66. The number of carbonyl (C=O) groups is 1. The monoisotopic (exact) mass is 379 g/mol. The zero-order valence-electron chi connectivity index (χ0n) is 13.2. The predicted octanol–water partition coefficient (Wildman–Crippen LogP) is 3.49. The molecule has 0 unspecified atom stereocenters. The van der Waals surface area contributed by atoms with Gasteiger partial charge in [0.15, 0.2) is 6.54 Å². The van der Waals surface area contributed by atoms with E-state index in [1.807, 2.05) is 29.6 Å². The fraction of sp³-hybridized carbons (Fsp3) is 0.278. The summed E-state index contributed by atoms with van der Waals surface area (Å²) in [5, 5.41) is 4.87. The van der Waals surface area contributed by atoms with E-state index in [4.69, 9.17) is 0 Å². The molecule has 0 heterocycles. The number of carbonyl (C=O) groups excluding carboxylic acids is 1. The van der Waals surface area contributed by atoms with E-state index in [1.165, 1.54) is 12.1 Å². The minimum absolute atomic E-state index is 0.0555. The molecule has 1 atom stereocenters. The van der Waals surface area contributed by atoms with Gasteiger partial charge in [0.05, 0.1) is 0 Å². The van der Waals surface area contributed by atoms with Crippen LogP contribution in [-0.2, 0) is 4.79 Å². The number of anilines is 1. The number of benzene rings is 2. The van der Waals surface area contributed by atoms with Gasteiger partial charge >= 0.3 is 0 Å². The number of nitrogens with one attached hydrogen (secondary N) is 1. The first kappa shape index (κ1) is 17.6. The highest BCUT2D eigenvalue weighted by Crippen LogP contribution is 2.18. The van der Waals surface area contributed by atoms with E-state index >= 15 is 0 Å². The van der Waals surface area contributed by atoms with Gasteiger partial charge in [-0.15, -0.1) is 0 Å². The third-order valence-corrected chi connectivity index (χ3v) is 4.19. The first-order valence-electron chi connectivity index (χ1n) is 7.60. The molecule has 2 aromatic carbocycles. The molecule has 5 heteroatoms. The van der Waals surface area contributed by atoms with Crippen LogP contribution in [0.1, 0.15) is 25.5 Å². The summed E-state index contributed by atoms with van der Waals surface area (Å²) in [5.74, 6) is 0.0327. The summed E-state index contributed by atoms with van der Waals surface area (Å²) in [4.78, 5) is 12.1. The van der Waals surface area contributed by atoms with Gasteiger partial charge in [0.2, 0.25) is 0 Å². The second kappa shape index (κ2) is 8.22. The average Bonchev–Trinajstić information content (AvgIpc) is 2.51. The van der Waals surface area contributed by atoms with Gasteiger partial charge in [0.1, 0.15) is 11.9 Å². The van der Waals surface area contributed by atoms with Crippen molar-refractivity contribution in [3.8, 4) is 0 Å². The zero-order valence-corrected chi connectivity index (χ0v) is 14.8. The van der Waals surface area contributed by atoms with Crippen molar-refractivity contribution >= 4 is 27.5 Å². The van der Waals surface area contributed by atoms with Crippen LogP contribution < -0.4 is 10.6 Å². The molecule has 0 spiro atoms. The van der Waals surface area contributed by atoms with Gasteiger partial charge in [-0.2, -0.15) is 0 Å². The number of amides is 1. The lowest BCUT2D eigenvalue weighted by molar-refractivity contribution is -0.692. The van der Waals surface area contributed by atoms with Gasteiger partial charge in [-0.3, -0.25) is 4.79 Å². The molecule has 0 aromatic heterocycles. The maximum absolute atomic E-state index is 13.1. The Labute approximate surface area is 144 Å². The molecule has 0 aliphatic heterocycles. The molecular formula is C18H21BrFN2O+. The first-order chi connectivity index (χ1) is 11.0. The molecule has 0 fully saturated rings. The molecule has 0 bridgehead atoms. The van der Waals surface area contributed by atoms with Crippen molar-refractivity contribution in [3.63, 3.8) is 0 Å². The van der Waals surface area contributed by atoms with Crippen molar-refractivity contribution in [3.05, 3.63) is 64.4 Å². The second-order valence-electron chi connectivity index (χ2n) is 5.82. The van der Waals surface area contributed by atoms with Crippen LogP contribution in [0.2, 0.25) is 0 Å². The summed E-state index contributed by atoms with van der Waals surface area (Å²) < 4.78 is 14.0. The molecule has 2 rings (SSSR count). The van der Waals surface area contributed by atoms with Crippen LogP contribution in [-0.4, -0.2) is 12.5 Å². The van der Waals surface area contributed by atoms with E-state index in [9.17, 15) is 9.18 Å². The number of hydrogen-bond acceptors (Lipinski definition) is 1. The predicted molar refractivity (Wildman–Crippen MR) is 93.5 cm³/mol. The number of nitrogens with two attached hydrogens (primary N) is 1. The number of halogens is 2. The molecule has 23 heavy (non-hydrogen) atoms. The standard InChI is InChI=1S/C18H20BrFN2O/c1-12(2)18(13-3-7-15(20)8-4-13)21-11-17(23)22-16-9-5-14(19)6-10-16/h3-10,12,18,21H,11H2,1-2H3,(H,22,23)/p+1/t18-/m1/s1. The SMILES string of the molecule is CC(C)[C@@H]([NH2+]CC(=O)Nc1ccc(Br)cc1)c1ccc(F)cc1. The van der Waals surface area contributed by atoms with Crippen LogP contribution in [0.15, 0.2) is 53.0 Å². The Morgan fingerprint density at radius 2 is 1.74 bits per heavy atom. The van der Waals surface area contributed by atoms with Crippen molar-refractivity contribution in [2.45, 2.75) is 19.9 Å². The van der Waals surface area contributed by atoms with E-state index in [2.05, 4.69) is 35.1 Å². The smallest absolute Gasteiger partial charge is 0.279 e. The molecule has 0 saturated heterocycles. The summed E-state index contributed by atoms with van der Waals surface area (Å²) in [6.45, 7) is 4.50. The molecule has 3 N–H and O–H groups in total. The summed E-state index contributed by atoms with van der Waals surface area (Å²) in [5.41, 5.74) is 1.80. The normalized spacial score (nSPS) is 12.2. The first-order valence-corrected chi connectivity index (χ1v) is 8.39. The van der Waals surface area contributed by atoms with Crippen LogP contribution in [0.25, 0.3) is 0 Å². The molecule has 122 valence electrons. The van der Waals surface area contributed by atoms with Gasteiger partial charge in [-0.05, 0) is 36.4 Å². The fourth-order valence-electron chi connectivity index (χ4n) is 2.46. The van der Waals surface area contributed by atoms with Crippen LogP contribution in [0.4, 0.5) is 10.1 Å². The third kappa shape index (κ3) is 5.44. The van der Waals surface area contributed by atoms with Gasteiger partial charge in [0, 0.05) is 21.6 Å². The van der Waals surface area contributed by atoms with Crippen LogP contribution in [0.3, 0.4) is 0 Å². The average molecular weight is 380 g/mol. The highest BCUT2D eigenvalue weighted by atomic mass is 79.9. The second-order valence-corrected chi connectivity index (χ2v) is 6.73. The van der Waals surface area contributed by atoms with Crippen molar-refractivity contribution in [2.24, 2.45) is 5.92 Å². The highest BCUT2D eigenvalue weighted by molar-refractivity contribution is 9.10. The molecular weight excluding hydrogens is 359 g/mol. The Kier molecular flexibility index (Phi) is 6.30. The van der Waals surface area contributed by atoms with Crippen molar-refractivity contribution in [1.82, 2.24) is 0 Å². The largest absolute Gasteiger partial charge is 0.332 e. The summed E-state index contributed by atoms with van der Waals surface area (Å²) in [6, 6.07) is 14.1. The Bertz CT molecular complexity index is 641. The van der Waals surface area contributed by atoms with Gasteiger partial charge in [-0.25, -0.2) is 4.39 Å². The van der Waals surface area contributed by atoms with Gasteiger partial charge < -0.3 is 10.6 Å². The minimum atomic E-state index is -0.246. The number of rotatable bonds is 6. The van der Waals surface area contributed by atoms with E-state index in [-0.39, 0.29) is 17.8 Å². The van der Waals surface area contributed by atoms with E-state index in [0.29, 0.717) is 12.5 Å². The van der Waals surface area contributed by atoms with E-state index in [1.54, 1.807) is 12.1 Å². The minimum Gasteiger partial charge on any atom is -0.332 e. The lowest BCUT2D eigenvalue weighted by Crippen LogP contribution is -2.88.